The number of amides is 1. The molecule has 0 saturated carbocycles. The van der Waals surface area contributed by atoms with E-state index >= 15 is 0 Å². The van der Waals surface area contributed by atoms with Crippen molar-refractivity contribution in [3.05, 3.63) is 59.8 Å². The van der Waals surface area contributed by atoms with Crippen molar-refractivity contribution in [3.63, 3.8) is 0 Å². The smallest absolute Gasteiger partial charge is 0.226 e. The van der Waals surface area contributed by atoms with Crippen molar-refractivity contribution in [1.82, 2.24) is 10.2 Å². The van der Waals surface area contributed by atoms with Crippen molar-refractivity contribution in [3.8, 4) is 23.0 Å². The van der Waals surface area contributed by atoms with Gasteiger partial charge in [-0.15, -0.1) is 0 Å². The van der Waals surface area contributed by atoms with Crippen LogP contribution in [0, 0.1) is 0 Å². The van der Waals surface area contributed by atoms with Gasteiger partial charge < -0.3 is 19.5 Å². The Morgan fingerprint density at radius 1 is 1.00 bits per heavy atom. The number of ether oxygens (including phenoxy) is 3. The maximum Gasteiger partial charge on any atom is 0.226 e. The van der Waals surface area contributed by atoms with Crippen LogP contribution in [0.5, 0.6) is 23.0 Å². The van der Waals surface area contributed by atoms with Crippen LogP contribution in [-0.2, 0) is 4.79 Å². The lowest BCUT2D eigenvalue weighted by Gasteiger charge is -2.23. The predicted octanol–water partition coefficient (Wildman–Crippen LogP) is 3.69. The number of aromatic amines is 1. The molecule has 2 N–H and O–H groups in total. The van der Waals surface area contributed by atoms with Crippen LogP contribution in [0.25, 0.3) is 0 Å². The molecule has 7 heteroatoms. The number of nitrogens with one attached hydrogen (secondary N) is 2. The van der Waals surface area contributed by atoms with Crippen molar-refractivity contribution in [2.75, 3.05) is 19.5 Å². The Bertz CT molecular complexity index is 983. The average Bonchev–Trinajstić information content (AvgIpc) is 3.16. The highest BCUT2D eigenvalue weighted by atomic mass is 16.5. The third-order valence-electron chi connectivity index (χ3n) is 4.58. The van der Waals surface area contributed by atoms with E-state index in [0.717, 1.165) is 11.1 Å². The molecule has 2 heterocycles. The van der Waals surface area contributed by atoms with E-state index in [-0.39, 0.29) is 11.8 Å². The molecule has 4 rings (SSSR count). The normalized spacial score (nSPS) is 15.6. The molecule has 1 aliphatic heterocycles. The molecular formula is C20H19N3O4. The van der Waals surface area contributed by atoms with E-state index in [1.807, 2.05) is 42.5 Å². The molecule has 1 aliphatic rings. The zero-order chi connectivity index (χ0) is 18.8. The molecule has 138 valence electrons. The van der Waals surface area contributed by atoms with Gasteiger partial charge in [0.2, 0.25) is 5.91 Å². The van der Waals surface area contributed by atoms with Gasteiger partial charge in [0.05, 0.1) is 20.4 Å². The number of fused-ring (bicyclic) bond motifs is 1. The first kappa shape index (κ1) is 17.0. The van der Waals surface area contributed by atoms with Gasteiger partial charge in [0.25, 0.3) is 0 Å². The van der Waals surface area contributed by atoms with Gasteiger partial charge in [-0.25, -0.2) is 0 Å². The van der Waals surface area contributed by atoms with E-state index < -0.39 is 0 Å². The van der Waals surface area contributed by atoms with Gasteiger partial charge >= 0.3 is 0 Å². The van der Waals surface area contributed by atoms with Gasteiger partial charge in [0.15, 0.2) is 23.0 Å². The Labute approximate surface area is 156 Å². The van der Waals surface area contributed by atoms with Crippen LogP contribution in [-0.4, -0.2) is 30.3 Å². The minimum atomic E-state index is -0.0956. The fourth-order valence-electron chi connectivity index (χ4n) is 3.25. The second-order valence-corrected chi connectivity index (χ2v) is 6.17. The summed E-state index contributed by atoms with van der Waals surface area (Å²) in [5, 5.41) is 9.66. The maximum atomic E-state index is 12.0. The van der Waals surface area contributed by atoms with Crippen molar-refractivity contribution >= 4 is 11.7 Å². The van der Waals surface area contributed by atoms with E-state index in [0.29, 0.717) is 35.2 Å². The minimum absolute atomic E-state index is 0.0509. The Balaban J connectivity index is 1.68. The van der Waals surface area contributed by atoms with Gasteiger partial charge in [-0.05, 0) is 29.8 Å². The number of rotatable bonds is 5. The molecule has 27 heavy (non-hydrogen) atoms. The monoisotopic (exact) mass is 365 g/mol. The zero-order valence-corrected chi connectivity index (χ0v) is 15.0. The van der Waals surface area contributed by atoms with Crippen LogP contribution in [0.1, 0.15) is 23.5 Å². The number of para-hydroxylation sites is 2. The minimum Gasteiger partial charge on any atom is -0.493 e. The lowest BCUT2D eigenvalue weighted by molar-refractivity contribution is -0.116. The predicted molar refractivity (Wildman–Crippen MR) is 99.7 cm³/mol. The Hall–Kier alpha value is -3.48. The van der Waals surface area contributed by atoms with E-state index in [1.54, 1.807) is 20.4 Å². The molecule has 0 spiro atoms. The molecule has 2 aromatic carbocycles. The first-order valence-electron chi connectivity index (χ1n) is 8.51. The van der Waals surface area contributed by atoms with E-state index in [4.69, 9.17) is 14.2 Å². The number of aromatic nitrogens is 2. The van der Waals surface area contributed by atoms with E-state index in [1.165, 1.54) is 0 Å². The second-order valence-electron chi connectivity index (χ2n) is 6.17. The first-order chi connectivity index (χ1) is 13.2. The lowest BCUT2D eigenvalue weighted by atomic mass is 9.87. The number of benzene rings is 2. The summed E-state index contributed by atoms with van der Waals surface area (Å²) in [5.41, 5.74) is 1.91. The number of H-pyrrole nitrogens is 1. The van der Waals surface area contributed by atoms with Crippen molar-refractivity contribution < 1.29 is 19.0 Å². The van der Waals surface area contributed by atoms with Gasteiger partial charge in [-0.2, -0.15) is 5.10 Å². The van der Waals surface area contributed by atoms with Crippen LogP contribution in [0.4, 0.5) is 5.82 Å². The second kappa shape index (κ2) is 7.03. The number of nitrogens with zero attached hydrogens (tertiary/aromatic N) is 1. The number of carbonyl (C=O) groups excluding carboxylic acids is 1. The fourth-order valence-corrected chi connectivity index (χ4v) is 3.25. The summed E-state index contributed by atoms with van der Waals surface area (Å²) in [4.78, 5) is 12.0. The quantitative estimate of drug-likeness (QED) is 0.720. The van der Waals surface area contributed by atoms with E-state index in [9.17, 15) is 4.79 Å². The van der Waals surface area contributed by atoms with Crippen LogP contribution >= 0.6 is 0 Å². The van der Waals surface area contributed by atoms with Crippen LogP contribution in [0.3, 0.4) is 0 Å². The standard InChI is InChI=1S/C20H19N3O4/c1-25-15-5-3-4-6-16(15)27-17-8-7-12(9-18(17)26-2)13-10-19(24)22-20-14(13)11-21-23-20/h3-9,11,13H,10H2,1-2H3,(H2,21,22,23,24). The largest absolute Gasteiger partial charge is 0.493 e. The highest BCUT2D eigenvalue weighted by Gasteiger charge is 2.28. The van der Waals surface area contributed by atoms with Crippen molar-refractivity contribution in [2.24, 2.45) is 0 Å². The van der Waals surface area contributed by atoms with Gasteiger partial charge in [-0.1, -0.05) is 18.2 Å². The van der Waals surface area contributed by atoms with Crippen LogP contribution < -0.4 is 19.5 Å². The molecular weight excluding hydrogens is 346 g/mol. The third-order valence-corrected chi connectivity index (χ3v) is 4.58. The number of anilines is 1. The van der Waals surface area contributed by atoms with Gasteiger partial charge in [0.1, 0.15) is 5.82 Å². The molecule has 1 amide bonds. The molecule has 0 radical (unpaired) electrons. The Morgan fingerprint density at radius 3 is 2.52 bits per heavy atom. The lowest BCUT2D eigenvalue weighted by Crippen LogP contribution is -2.22. The molecule has 0 fully saturated rings. The van der Waals surface area contributed by atoms with Crippen LogP contribution in [0.2, 0.25) is 0 Å². The highest BCUT2D eigenvalue weighted by Crippen LogP contribution is 2.41. The maximum absolute atomic E-state index is 12.0. The number of hydrogen-bond donors (Lipinski definition) is 2. The van der Waals surface area contributed by atoms with Crippen molar-refractivity contribution in [1.29, 1.82) is 0 Å². The first-order valence-corrected chi connectivity index (χ1v) is 8.51. The summed E-state index contributed by atoms with van der Waals surface area (Å²) in [6.45, 7) is 0. The summed E-state index contributed by atoms with van der Waals surface area (Å²) in [6, 6.07) is 13.1. The number of carbonyl (C=O) groups is 1. The van der Waals surface area contributed by atoms with Crippen LogP contribution in [0.15, 0.2) is 48.7 Å². The van der Waals surface area contributed by atoms with Gasteiger partial charge in [0, 0.05) is 17.9 Å². The Morgan fingerprint density at radius 2 is 1.74 bits per heavy atom. The summed E-state index contributed by atoms with van der Waals surface area (Å²) in [5.74, 6) is 2.88. The fraction of sp³-hybridized carbons (Fsp3) is 0.200. The molecule has 1 atom stereocenters. The summed E-state index contributed by atoms with van der Waals surface area (Å²) in [7, 11) is 3.18. The molecule has 0 aliphatic carbocycles. The number of hydrogen-bond acceptors (Lipinski definition) is 5. The number of methoxy groups -OCH3 is 2. The molecule has 7 nitrogen and oxygen atoms in total. The third kappa shape index (κ3) is 3.19. The molecule has 0 bridgehead atoms. The average molecular weight is 365 g/mol. The summed E-state index contributed by atoms with van der Waals surface area (Å²) in [6.07, 6.45) is 2.09. The van der Waals surface area contributed by atoms with Gasteiger partial charge in [-0.3, -0.25) is 9.89 Å². The molecule has 0 saturated heterocycles. The topological polar surface area (TPSA) is 85.5 Å². The summed E-state index contributed by atoms with van der Waals surface area (Å²) < 4.78 is 16.9. The molecule has 3 aromatic rings. The zero-order valence-electron chi connectivity index (χ0n) is 15.0. The van der Waals surface area contributed by atoms with Crippen molar-refractivity contribution in [2.45, 2.75) is 12.3 Å². The molecule has 1 unspecified atom stereocenters. The SMILES string of the molecule is COc1ccccc1Oc1ccc(C2CC(=O)Nc3[nH]ncc32)cc1OC. The highest BCUT2D eigenvalue weighted by molar-refractivity contribution is 5.94. The Kier molecular flexibility index (Phi) is 4.42. The molecule has 1 aromatic heterocycles. The van der Waals surface area contributed by atoms with E-state index in [2.05, 4.69) is 15.5 Å². The summed E-state index contributed by atoms with van der Waals surface area (Å²) >= 11 is 0.